The van der Waals surface area contributed by atoms with E-state index in [-0.39, 0.29) is 37.4 Å². The van der Waals surface area contributed by atoms with Crippen LogP contribution in [0, 0.1) is 0 Å². The summed E-state index contributed by atoms with van der Waals surface area (Å²) in [6, 6.07) is 4.93. The minimum Gasteiger partial charge on any atom is -0.375 e. The topological polar surface area (TPSA) is 50.4 Å². The lowest BCUT2D eigenvalue weighted by molar-refractivity contribution is -0.137. The Kier molecular flexibility index (Phi) is 7.12. The van der Waals surface area contributed by atoms with Crippen molar-refractivity contribution >= 4 is 18.3 Å². The summed E-state index contributed by atoms with van der Waals surface area (Å²) in [6.07, 6.45) is -4.35. The van der Waals surface area contributed by atoms with Crippen LogP contribution in [0.5, 0.6) is 0 Å². The van der Waals surface area contributed by atoms with Gasteiger partial charge in [-0.1, -0.05) is 12.1 Å². The second-order valence-corrected chi connectivity index (χ2v) is 4.88. The second-order valence-electron chi connectivity index (χ2n) is 4.88. The fourth-order valence-corrected chi connectivity index (χ4v) is 2.09. The van der Waals surface area contributed by atoms with E-state index >= 15 is 0 Å². The summed E-state index contributed by atoms with van der Waals surface area (Å²) >= 11 is 0. The maximum atomic E-state index is 12.6. The molecule has 1 aliphatic rings. The van der Waals surface area contributed by atoms with Gasteiger partial charge >= 0.3 is 6.18 Å². The van der Waals surface area contributed by atoms with Gasteiger partial charge in [-0.2, -0.15) is 13.2 Å². The average molecular weight is 339 g/mol. The number of hydrogen-bond donors (Lipinski definition) is 2. The molecule has 1 amide bonds. The zero-order valence-corrected chi connectivity index (χ0v) is 12.6. The molecule has 1 unspecified atom stereocenters. The summed E-state index contributed by atoms with van der Waals surface area (Å²) in [5, 5.41) is 5.72. The predicted molar refractivity (Wildman–Crippen MR) is 77.8 cm³/mol. The number of carbonyl (C=O) groups excluding carboxylic acids is 1. The van der Waals surface area contributed by atoms with Crippen LogP contribution in [0.25, 0.3) is 0 Å². The van der Waals surface area contributed by atoms with Crippen LogP contribution in [0.15, 0.2) is 24.3 Å². The fraction of sp³-hybridized carbons (Fsp3) is 0.500. The van der Waals surface area contributed by atoms with Crippen LogP contribution in [0.1, 0.15) is 17.5 Å². The minimum absolute atomic E-state index is 0. The molecular weight excluding hydrogens is 321 g/mol. The number of amides is 1. The number of rotatable bonds is 4. The Hall–Kier alpha value is -1.31. The Morgan fingerprint density at radius 3 is 2.82 bits per heavy atom. The summed E-state index contributed by atoms with van der Waals surface area (Å²) in [5.41, 5.74) is -0.296. The van der Waals surface area contributed by atoms with E-state index in [9.17, 15) is 18.0 Å². The lowest BCUT2D eigenvalue weighted by Gasteiger charge is -2.23. The van der Waals surface area contributed by atoms with Crippen molar-refractivity contribution in [1.82, 2.24) is 10.6 Å². The molecule has 1 aromatic carbocycles. The molecule has 22 heavy (non-hydrogen) atoms. The lowest BCUT2D eigenvalue weighted by Crippen LogP contribution is -2.41. The smallest absolute Gasteiger partial charge is 0.375 e. The molecule has 124 valence electrons. The quantitative estimate of drug-likeness (QED) is 0.884. The number of halogens is 4. The molecule has 0 spiro atoms. The SMILES string of the molecule is Cl.O=C(CC1CNCCO1)NCc1cccc(C(F)(F)F)c1. The van der Waals surface area contributed by atoms with Crippen molar-refractivity contribution in [3.8, 4) is 0 Å². The molecule has 1 saturated heterocycles. The number of nitrogens with one attached hydrogen (secondary N) is 2. The third-order valence-corrected chi connectivity index (χ3v) is 3.16. The predicted octanol–water partition coefficient (Wildman–Crippen LogP) is 2.12. The Morgan fingerprint density at radius 2 is 2.18 bits per heavy atom. The van der Waals surface area contributed by atoms with E-state index in [4.69, 9.17) is 4.74 Å². The van der Waals surface area contributed by atoms with E-state index in [1.165, 1.54) is 6.07 Å². The third kappa shape index (κ3) is 5.82. The number of ether oxygens (including phenoxy) is 1. The first-order valence-corrected chi connectivity index (χ1v) is 6.70. The summed E-state index contributed by atoms with van der Waals surface area (Å²) in [7, 11) is 0. The van der Waals surface area contributed by atoms with Gasteiger partial charge in [0, 0.05) is 19.6 Å². The molecule has 8 heteroatoms. The van der Waals surface area contributed by atoms with Gasteiger partial charge in [0.2, 0.25) is 5.91 Å². The maximum Gasteiger partial charge on any atom is 0.416 e. The van der Waals surface area contributed by atoms with E-state index < -0.39 is 11.7 Å². The fourth-order valence-electron chi connectivity index (χ4n) is 2.09. The van der Waals surface area contributed by atoms with Gasteiger partial charge in [0.05, 0.1) is 24.7 Å². The molecule has 1 aromatic rings. The van der Waals surface area contributed by atoms with Crippen molar-refractivity contribution in [3.63, 3.8) is 0 Å². The summed E-state index contributed by atoms with van der Waals surface area (Å²) in [6.45, 7) is 2.01. The van der Waals surface area contributed by atoms with Crippen LogP contribution < -0.4 is 10.6 Å². The van der Waals surface area contributed by atoms with Crippen LogP contribution in [-0.2, 0) is 22.3 Å². The molecule has 0 radical (unpaired) electrons. The average Bonchev–Trinajstić information content (AvgIpc) is 2.46. The summed E-state index contributed by atoms with van der Waals surface area (Å²) in [5.74, 6) is -0.235. The van der Waals surface area contributed by atoms with E-state index in [0.717, 1.165) is 18.7 Å². The van der Waals surface area contributed by atoms with E-state index in [0.29, 0.717) is 18.7 Å². The number of morpholine rings is 1. The van der Waals surface area contributed by atoms with Gasteiger partial charge in [0.25, 0.3) is 0 Å². The highest BCUT2D eigenvalue weighted by Gasteiger charge is 2.30. The number of carbonyl (C=O) groups is 1. The van der Waals surface area contributed by atoms with Gasteiger partial charge in [0.15, 0.2) is 0 Å². The van der Waals surface area contributed by atoms with E-state index in [1.54, 1.807) is 6.07 Å². The van der Waals surface area contributed by atoms with Crippen molar-refractivity contribution in [2.45, 2.75) is 25.2 Å². The molecule has 2 N–H and O–H groups in total. The van der Waals surface area contributed by atoms with Gasteiger partial charge in [-0.05, 0) is 17.7 Å². The van der Waals surface area contributed by atoms with Crippen molar-refractivity contribution < 1.29 is 22.7 Å². The molecule has 1 fully saturated rings. The van der Waals surface area contributed by atoms with Gasteiger partial charge in [0.1, 0.15) is 0 Å². The summed E-state index contributed by atoms with van der Waals surface area (Å²) in [4.78, 5) is 11.7. The molecular formula is C14H18ClF3N2O2. The maximum absolute atomic E-state index is 12.6. The van der Waals surface area contributed by atoms with Crippen LogP contribution >= 0.6 is 12.4 Å². The first kappa shape index (κ1) is 18.7. The number of hydrogen-bond acceptors (Lipinski definition) is 3. The molecule has 1 aliphatic heterocycles. The van der Waals surface area contributed by atoms with Crippen LogP contribution in [0.2, 0.25) is 0 Å². The molecule has 0 bridgehead atoms. The standard InChI is InChI=1S/C14H17F3N2O2.ClH/c15-14(16,17)11-3-1-2-10(6-11)8-19-13(20)7-12-9-18-4-5-21-12;/h1-3,6,12,18H,4-5,7-9H2,(H,19,20);1H. The zero-order valence-electron chi connectivity index (χ0n) is 11.8. The van der Waals surface area contributed by atoms with Crippen LogP contribution in [0.3, 0.4) is 0 Å². The molecule has 0 aromatic heterocycles. The van der Waals surface area contributed by atoms with Crippen molar-refractivity contribution in [2.24, 2.45) is 0 Å². The first-order valence-electron chi connectivity index (χ1n) is 6.70. The van der Waals surface area contributed by atoms with Crippen molar-refractivity contribution in [2.75, 3.05) is 19.7 Å². The molecule has 1 heterocycles. The Morgan fingerprint density at radius 1 is 1.41 bits per heavy atom. The minimum atomic E-state index is -4.37. The third-order valence-electron chi connectivity index (χ3n) is 3.16. The van der Waals surface area contributed by atoms with Crippen LogP contribution in [-0.4, -0.2) is 31.7 Å². The highest BCUT2D eigenvalue weighted by atomic mass is 35.5. The largest absolute Gasteiger partial charge is 0.416 e. The van der Waals surface area contributed by atoms with Crippen molar-refractivity contribution in [3.05, 3.63) is 35.4 Å². The summed E-state index contributed by atoms with van der Waals surface area (Å²) < 4.78 is 43.1. The van der Waals surface area contributed by atoms with Crippen molar-refractivity contribution in [1.29, 1.82) is 0 Å². The van der Waals surface area contributed by atoms with Crippen LogP contribution in [0.4, 0.5) is 13.2 Å². The zero-order chi connectivity index (χ0) is 15.3. The first-order chi connectivity index (χ1) is 9.95. The lowest BCUT2D eigenvalue weighted by atomic mass is 10.1. The monoisotopic (exact) mass is 338 g/mol. The normalized spacial score (nSPS) is 18.4. The highest BCUT2D eigenvalue weighted by molar-refractivity contribution is 5.85. The Labute approximate surface area is 132 Å². The molecule has 4 nitrogen and oxygen atoms in total. The van der Waals surface area contributed by atoms with Gasteiger partial charge in [-0.25, -0.2) is 0 Å². The number of benzene rings is 1. The Balaban J connectivity index is 0.00000242. The molecule has 1 atom stereocenters. The Bertz CT molecular complexity index is 491. The molecule has 0 saturated carbocycles. The molecule has 0 aliphatic carbocycles. The second kappa shape index (κ2) is 8.36. The van der Waals surface area contributed by atoms with E-state index in [1.807, 2.05) is 0 Å². The van der Waals surface area contributed by atoms with E-state index in [2.05, 4.69) is 10.6 Å². The van der Waals surface area contributed by atoms with Gasteiger partial charge in [-0.15, -0.1) is 12.4 Å². The van der Waals surface area contributed by atoms with Gasteiger partial charge < -0.3 is 15.4 Å². The number of alkyl halides is 3. The molecule has 2 rings (SSSR count). The highest BCUT2D eigenvalue weighted by Crippen LogP contribution is 2.29. The van der Waals surface area contributed by atoms with Gasteiger partial charge in [-0.3, -0.25) is 4.79 Å².